The van der Waals surface area contributed by atoms with E-state index in [2.05, 4.69) is 10.6 Å². The van der Waals surface area contributed by atoms with Crippen LogP contribution in [0.4, 0.5) is 17.1 Å². The fourth-order valence-electron chi connectivity index (χ4n) is 3.66. The van der Waals surface area contributed by atoms with Gasteiger partial charge in [-0.25, -0.2) is 8.42 Å². The van der Waals surface area contributed by atoms with Crippen LogP contribution in [0.15, 0.2) is 72.8 Å². The molecule has 3 aromatic rings. The lowest BCUT2D eigenvalue weighted by Crippen LogP contribution is -2.25. The minimum Gasteiger partial charge on any atom is -0.493 e. The summed E-state index contributed by atoms with van der Waals surface area (Å²) in [5, 5.41) is 5.51. The van der Waals surface area contributed by atoms with Crippen LogP contribution in [-0.2, 0) is 14.8 Å². The average molecular weight is 496 g/mol. The molecule has 3 aromatic carbocycles. The monoisotopic (exact) mass is 495 g/mol. The van der Waals surface area contributed by atoms with Crippen molar-refractivity contribution in [1.29, 1.82) is 0 Å². The number of hydrogen-bond donors (Lipinski definition) is 2. The molecule has 2 N–H and O–H groups in total. The van der Waals surface area contributed by atoms with Crippen molar-refractivity contribution in [3.05, 3.63) is 78.4 Å². The molecule has 182 valence electrons. The number of amides is 2. The zero-order chi connectivity index (χ0) is 24.8. The van der Waals surface area contributed by atoms with Gasteiger partial charge in [-0.2, -0.15) is 0 Å². The van der Waals surface area contributed by atoms with E-state index >= 15 is 0 Å². The highest BCUT2D eigenvalue weighted by Gasteiger charge is 2.28. The smallest absolute Gasteiger partial charge is 0.262 e. The Morgan fingerprint density at radius 2 is 1.60 bits per heavy atom. The maximum Gasteiger partial charge on any atom is 0.262 e. The van der Waals surface area contributed by atoms with Gasteiger partial charge in [-0.05, 0) is 61.0 Å². The van der Waals surface area contributed by atoms with E-state index in [0.29, 0.717) is 47.1 Å². The van der Waals surface area contributed by atoms with Gasteiger partial charge in [0.25, 0.3) is 11.8 Å². The van der Waals surface area contributed by atoms with Gasteiger partial charge in [0, 0.05) is 23.5 Å². The van der Waals surface area contributed by atoms with Crippen LogP contribution >= 0.6 is 0 Å². The van der Waals surface area contributed by atoms with E-state index in [0.717, 1.165) is 0 Å². The van der Waals surface area contributed by atoms with Crippen LogP contribution < -0.4 is 24.4 Å². The molecule has 2 amide bonds. The predicted molar refractivity (Wildman–Crippen MR) is 134 cm³/mol. The molecule has 0 spiro atoms. The highest BCUT2D eigenvalue weighted by Crippen LogP contribution is 2.26. The van der Waals surface area contributed by atoms with E-state index in [1.165, 1.54) is 11.4 Å². The quantitative estimate of drug-likeness (QED) is 0.494. The molecular weight excluding hydrogens is 470 g/mol. The van der Waals surface area contributed by atoms with E-state index < -0.39 is 10.0 Å². The van der Waals surface area contributed by atoms with Gasteiger partial charge in [0.15, 0.2) is 18.1 Å². The molecule has 1 saturated heterocycles. The van der Waals surface area contributed by atoms with Gasteiger partial charge in [0.1, 0.15) is 0 Å². The predicted octanol–water partition coefficient (Wildman–Crippen LogP) is 3.50. The van der Waals surface area contributed by atoms with Gasteiger partial charge in [-0.3, -0.25) is 13.9 Å². The first-order valence-corrected chi connectivity index (χ1v) is 12.5. The average Bonchev–Trinajstić information content (AvgIpc) is 3.22. The molecule has 0 bridgehead atoms. The van der Waals surface area contributed by atoms with Crippen molar-refractivity contribution in [3.63, 3.8) is 0 Å². The molecule has 0 atom stereocenters. The third-order valence-corrected chi connectivity index (χ3v) is 7.22. The van der Waals surface area contributed by atoms with Gasteiger partial charge < -0.3 is 20.1 Å². The molecule has 0 radical (unpaired) electrons. The fraction of sp³-hybridized carbons (Fsp3) is 0.200. The van der Waals surface area contributed by atoms with E-state index in [1.807, 2.05) is 0 Å². The summed E-state index contributed by atoms with van der Waals surface area (Å²) in [6, 6.07) is 20.2. The molecule has 1 heterocycles. The number of para-hydroxylation sites is 2. The lowest BCUT2D eigenvalue weighted by Gasteiger charge is -2.17. The number of sulfonamides is 1. The number of anilines is 3. The Balaban J connectivity index is 1.34. The van der Waals surface area contributed by atoms with Gasteiger partial charge in [-0.1, -0.05) is 18.2 Å². The highest BCUT2D eigenvalue weighted by molar-refractivity contribution is 7.93. The zero-order valence-electron chi connectivity index (χ0n) is 19.1. The Morgan fingerprint density at radius 3 is 2.26 bits per heavy atom. The molecule has 1 aliphatic rings. The van der Waals surface area contributed by atoms with Crippen LogP contribution in [0.5, 0.6) is 11.5 Å². The Labute approximate surface area is 203 Å². The molecule has 1 aliphatic heterocycles. The highest BCUT2D eigenvalue weighted by atomic mass is 32.2. The number of carbonyl (C=O) groups excluding carboxylic acids is 2. The molecule has 0 saturated carbocycles. The summed E-state index contributed by atoms with van der Waals surface area (Å²) in [4.78, 5) is 25.0. The summed E-state index contributed by atoms with van der Waals surface area (Å²) < 4.78 is 36.2. The first-order valence-electron chi connectivity index (χ1n) is 10.9. The minimum atomic E-state index is -3.28. The van der Waals surface area contributed by atoms with Crippen LogP contribution in [-0.4, -0.2) is 46.2 Å². The summed E-state index contributed by atoms with van der Waals surface area (Å²) in [5.74, 6) is 0.393. The summed E-state index contributed by atoms with van der Waals surface area (Å²) in [5.41, 5.74) is 1.90. The minimum absolute atomic E-state index is 0.134. The van der Waals surface area contributed by atoms with Gasteiger partial charge >= 0.3 is 0 Å². The summed E-state index contributed by atoms with van der Waals surface area (Å²) in [7, 11) is -1.75. The lowest BCUT2D eigenvalue weighted by molar-refractivity contribution is -0.118. The number of hydrogen-bond acceptors (Lipinski definition) is 6. The second kappa shape index (κ2) is 10.5. The van der Waals surface area contributed by atoms with E-state index in [1.54, 1.807) is 72.8 Å². The molecule has 4 rings (SSSR count). The van der Waals surface area contributed by atoms with Crippen molar-refractivity contribution >= 4 is 38.9 Å². The normalized spacial score (nSPS) is 14.3. The second-order valence-corrected chi connectivity index (χ2v) is 9.82. The number of methoxy groups -OCH3 is 1. The number of nitrogens with one attached hydrogen (secondary N) is 2. The second-order valence-electron chi connectivity index (χ2n) is 7.81. The van der Waals surface area contributed by atoms with Crippen molar-refractivity contribution in [2.24, 2.45) is 0 Å². The maximum absolute atomic E-state index is 12.7. The molecule has 35 heavy (non-hydrogen) atoms. The lowest BCUT2D eigenvalue weighted by atomic mass is 10.2. The van der Waals surface area contributed by atoms with Crippen LogP contribution in [0.1, 0.15) is 16.8 Å². The summed E-state index contributed by atoms with van der Waals surface area (Å²) in [6.07, 6.45) is 0.587. The van der Waals surface area contributed by atoms with Crippen LogP contribution in [0.2, 0.25) is 0 Å². The van der Waals surface area contributed by atoms with Gasteiger partial charge in [0.05, 0.1) is 18.6 Å². The molecular formula is C25H25N3O6S. The summed E-state index contributed by atoms with van der Waals surface area (Å²) >= 11 is 0. The van der Waals surface area contributed by atoms with E-state index in [-0.39, 0.29) is 24.2 Å². The van der Waals surface area contributed by atoms with Crippen molar-refractivity contribution in [3.8, 4) is 11.5 Å². The standard InChI is InChI=1S/C25H25N3O6S/c1-33-22-8-2-3-9-23(22)34-17-24(29)26-19-6-4-7-20(16-19)27-25(30)18-10-12-21(13-11-18)28-14-5-15-35(28,31)32/h2-4,6-13,16H,5,14-15,17H2,1H3,(H,26,29)(H,27,30). The zero-order valence-corrected chi connectivity index (χ0v) is 19.9. The van der Waals surface area contributed by atoms with Crippen LogP contribution in [0.3, 0.4) is 0 Å². The van der Waals surface area contributed by atoms with Crippen molar-refractivity contribution in [2.75, 3.05) is 41.0 Å². The fourth-order valence-corrected chi connectivity index (χ4v) is 5.23. The largest absolute Gasteiger partial charge is 0.493 e. The Morgan fingerprint density at radius 1 is 0.914 bits per heavy atom. The number of ether oxygens (including phenoxy) is 2. The molecule has 0 aromatic heterocycles. The Hall–Kier alpha value is -4.05. The molecule has 1 fully saturated rings. The first kappa shape index (κ1) is 24.1. The van der Waals surface area contributed by atoms with Crippen molar-refractivity contribution < 1.29 is 27.5 Å². The number of benzene rings is 3. The van der Waals surface area contributed by atoms with Crippen molar-refractivity contribution in [1.82, 2.24) is 0 Å². The number of nitrogens with zero attached hydrogens (tertiary/aromatic N) is 1. The third kappa shape index (κ3) is 5.90. The number of carbonyl (C=O) groups is 2. The topological polar surface area (TPSA) is 114 Å². The number of rotatable bonds is 8. The molecule has 0 aliphatic carbocycles. The molecule has 0 unspecified atom stereocenters. The van der Waals surface area contributed by atoms with Crippen LogP contribution in [0, 0.1) is 0 Å². The summed E-state index contributed by atoms with van der Waals surface area (Å²) in [6.45, 7) is 0.229. The SMILES string of the molecule is COc1ccccc1OCC(=O)Nc1cccc(NC(=O)c2ccc(N3CCCS3(=O)=O)cc2)c1. The Kier molecular flexibility index (Phi) is 7.21. The third-order valence-electron chi connectivity index (χ3n) is 5.35. The van der Waals surface area contributed by atoms with Crippen LogP contribution in [0.25, 0.3) is 0 Å². The maximum atomic E-state index is 12.7. The molecule has 9 nitrogen and oxygen atoms in total. The van der Waals surface area contributed by atoms with E-state index in [9.17, 15) is 18.0 Å². The van der Waals surface area contributed by atoms with E-state index in [4.69, 9.17) is 9.47 Å². The molecule has 10 heteroatoms. The first-order chi connectivity index (χ1) is 16.9. The van der Waals surface area contributed by atoms with Gasteiger partial charge in [0.2, 0.25) is 10.0 Å². The van der Waals surface area contributed by atoms with Gasteiger partial charge in [-0.15, -0.1) is 0 Å². The van der Waals surface area contributed by atoms with Crippen molar-refractivity contribution in [2.45, 2.75) is 6.42 Å². The Bertz CT molecular complexity index is 1330.